The summed E-state index contributed by atoms with van der Waals surface area (Å²) in [7, 11) is 0. The zero-order valence-electron chi connectivity index (χ0n) is 21.5. The van der Waals surface area contributed by atoms with E-state index in [1.165, 1.54) is 29.5 Å². The van der Waals surface area contributed by atoms with Gasteiger partial charge in [-0.05, 0) is 36.5 Å². The number of benzene rings is 2. The molecule has 0 saturated heterocycles. The molecule has 42 heavy (non-hydrogen) atoms. The number of primary amides is 1. The summed E-state index contributed by atoms with van der Waals surface area (Å²) in [6.07, 6.45) is -0.285. The van der Waals surface area contributed by atoms with Crippen LogP contribution in [0, 0.1) is 22.0 Å². The second kappa shape index (κ2) is 9.49. The Labute approximate surface area is 240 Å². The van der Waals surface area contributed by atoms with Gasteiger partial charge in [0.05, 0.1) is 16.2 Å². The van der Waals surface area contributed by atoms with E-state index in [1.807, 2.05) is 0 Å². The van der Waals surface area contributed by atoms with Crippen molar-refractivity contribution in [3.8, 4) is 17.0 Å². The minimum absolute atomic E-state index is 0.00615. The molecule has 0 radical (unpaired) electrons. The first kappa shape index (κ1) is 27.1. The van der Waals surface area contributed by atoms with Crippen molar-refractivity contribution < 1.29 is 39.7 Å². The lowest BCUT2D eigenvalue weighted by molar-refractivity contribution is -0.384. The van der Waals surface area contributed by atoms with E-state index in [2.05, 4.69) is 10.3 Å². The number of aliphatic hydroxyl groups excluding tert-OH is 2. The van der Waals surface area contributed by atoms with Gasteiger partial charge in [0, 0.05) is 46.7 Å². The molecule has 3 aliphatic carbocycles. The highest BCUT2D eigenvalue weighted by Crippen LogP contribution is 2.53. The number of fused-ring (bicyclic) bond motifs is 3. The molecular formula is C28H22N4O9S. The summed E-state index contributed by atoms with van der Waals surface area (Å²) in [5.74, 6) is -6.98. The number of nitro groups is 1. The van der Waals surface area contributed by atoms with Gasteiger partial charge in [0.25, 0.3) is 11.6 Å². The normalized spacial score (nSPS) is 23.3. The molecule has 13 nitrogen and oxygen atoms in total. The number of phenols is 1. The quantitative estimate of drug-likeness (QED) is 0.109. The van der Waals surface area contributed by atoms with E-state index in [9.17, 15) is 44.9 Å². The van der Waals surface area contributed by atoms with Gasteiger partial charge in [0.15, 0.2) is 16.5 Å². The Hall–Kier alpha value is -5.08. The topological polar surface area (TPSA) is 226 Å². The Bertz CT molecular complexity index is 1810. The van der Waals surface area contributed by atoms with Gasteiger partial charge in [-0.1, -0.05) is 12.1 Å². The molecule has 1 fully saturated rings. The monoisotopic (exact) mass is 590 g/mol. The number of anilines is 2. The Balaban J connectivity index is 1.38. The molecule has 1 amide bonds. The second-order valence-corrected chi connectivity index (χ2v) is 11.2. The number of hydrogen-bond acceptors (Lipinski definition) is 12. The minimum atomic E-state index is -2.63. The van der Waals surface area contributed by atoms with E-state index in [1.54, 1.807) is 23.6 Å². The number of rotatable bonds is 5. The number of aromatic nitrogens is 1. The number of carbonyl (C=O) groups excluding carboxylic acids is 3. The molecule has 3 unspecified atom stereocenters. The molecule has 7 N–H and O–H groups in total. The summed E-state index contributed by atoms with van der Waals surface area (Å²) >= 11 is 1.23. The second-order valence-electron chi connectivity index (χ2n) is 10.4. The van der Waals surface area contributed by atoms with E-state index in [4.69, 9.17) is 5.73 Å². The number of phenolic OH excluding ortho intramolecular Hbond substituents is 1. The summed E-state index contributed by atoms with van der Waals surface area (Å²) in [6.45, 7) is 0. The number of carbonyl (C=O) groups is 3. The van der Waals surface area contributed by atoms with Gasteiger partial charge in [-0.15, -0.1) is 11.3 Å². The Morgan fingerprint density at radius 1 is 1.17 bits per heavy atom. The smallest absolute Gasteiger partial charge is 0.270 e. The fourth-order valence-corrected chi connectivity index (χ4v) is 6.83. The average molecular weight is 591 g/mol. The van der Waals surface area contributed by atoms with Crippen LogP contribution in [0.2, 0.25) is 0 Å². The van der Waals surface area contributed by atoms with Crippen LogP contribution >= 0.6 is 11.3 Å². The molecule has 1 heterocycles. The zero-order valence-corrected chi connectivity index (χ0v) is 22.3. The number of hydrogen-bond donors (Lipinski definition) is 6. The van der Waals surface area contributed by atoms with Crippen molar-refractivity contribution >= 4 is 51.1 Å². The Morgan fingerprint density at radius 2 is 1.93 bits per heavy atom. The number of nitrogens with two attached hydrogens (primary N) is 1. The summed E-state index contributed by atoms with van der Waals surface area (Å²) < 4.78 is 0. The first-order valence-electron chi connectivity index (χ1n) is 12.7. The van der Waals surface area contributed by atoms with Crippen LogP contribution < -0.4 is 11.1 Å². The third-order valence-electron chi connectivity index (χ3n) is 8.05. The molecule has 0 aliphatic heterocycles. The van der Waals surface area contributed by atoms with E-state index >= 15 is 0 Å². The van der Waals surface area contributed by atoms with Gasteiger partial charge in [0.1, 0.15) is 22.8 Å². The number of aliphatic hydroxyl groups is 3. The van der Waals surface area contributed by atoms with Crippen LogP contribution in [0.4, 0.5) is 16.5 Å². The molecule has 3 aliphatic rings. The van der Waals surface area contributed by atoms with Crippen LogP contribution in [0.25, 0.3) is 17.0 Å². The predicted octanol–water partition coefficient (Wildman–Crippen LogP) is 3.20. The molecule has 2 aromatic carbocycles. The summed E-state index contributed by atoms with van der Waals surface area (Å²) in [5, 5.41) is 60.4. The fourth-order valence-electron chi connectivity index (χ4n) is 6.10. The highest BCUT2D eigenvalue weighted by Gasteiger charge is 2.60. The maximum Gasteiger partial charge on any atom is 0.270 e. The van der Waals surface area contributed by atoms with Crippen LogP contribution in [0.5, 0.6) is 5.75 Å². The number of thiazole rings is 1. The van der Waals surface area contributed by atoms with Crippen molar-refractivity contribution in [2.24, 2.45) is 17.6 Å². The lowest BCUT2D eigenvalue weighted by atomic mass is 9.59. The number of nitrogens with one attached hydrogen (secondary N) is 1. The molecular weight excluding hydrogens is 568 g/mol. The predicted molar refractivity (Wildman–Crippen MR) is 149 cm³/mol. The molecule has 14 heteroatoms. The summed E-state index contributed by atoms with van der Waals surface area (Å²) in [4.78, 5) is 53.2. The molecule has 0 bridgehead atoms. The molecule has 6 rings (SSSR count). The van der Waals surface area contributed by atoms with Crippen LogP contribution in [-0.4, -0.2) is 53.4 Å². The van der Waals surface area contributed by atoms with Crippen LogP contribution in [-0.2, 0) is 20.8 Å². The van der Waals surface area contributed by atoms with Gasteiger partial charge in [-0.2, -0.15) is 0 Å². The van der Waals surface area contributed by atoms with Crippen LogP contribution in [0.3, 0.4) is 0 Å². The van der Waals surface area contributed by atoms with Crippen molar-refractivity contribution in [2.45, 2.75) is 24.9 Å². The number of Topliss-reactive ketones (excluding diaryl/α,β-unsaturated/α-hetero) is 2. The number of aromatic hydroxyl groups is 1. The van der Waals surface area contributed by atoms with E-state index in [0.29, 0.717) is 27.6 Å². The number of non-ortho nitro benzene ring substituents is 1. The van der Waals surface area contributed by atoms with E-state index < -0.39 is 63.3 Å². The number of amides is 1. The minimum Gasteiger partial charge on any atom is -0.508 e. The van der Waals surface area contributed by atoms with Crippen molar-refractivity contribution in [1.82, 2.24) is 4.98 Å². The van der Waals surface area contributed by atoms with Crippen LogP contribution in [0.15, 0.2) is 58.7 Å². The lowest BCUT2D eigenvalue weighted by Gasteiger charge is -2.46. The zero-order chi connectivity index (χ0) is 30.1. The van der Waals surface area contributed by atoms with E-state index in [0.717, 1.165) is 0 Å². The molecule has 3 aromatic rings. The SMILES string of the molecule is NC(=O)C1=C(O)C2(O)C(=O)C3=C(O)c4c(O)ccc(Nc5nc(-c6cccc([N+](=O)[O-])c6)cs5)c4CC3CC2CC1=O. The molecule has 0 spiro atoms. The fraction of sp³-hybridized carbons (Fsp3) is 0.214. The third kappa shape index (κ3) is 3.94. The molecule has 1 saturated carbocycles. The van der Waals surface area contributed by atoms with Gasteiger partial charge >= 0.3 is 0 Å². The van der Waals surface area contributed by atoms with Gasteiger partial charge in [-0.25, -0.2) is 4.98 Å². The van der Waals surface area contributed by atoms with Crippen LogP contribution in [0.1, 0.15) is 24.0 Å². The number of nitro benzene ring substituents is 1. The van der Waals surface area contributed by atoms with Crippen molar-refractivity contribution in [1.29, 1.82) is 0 Å². The van der Waals surface area contributed by atoms with Gasteiger partial charge < -0.3 is 31.5 Å². The lowest BCUT2D eigenvalue weighted by Crippen LogP contribution is -2.58. The summed E-state index contributed by atoms with van der Waals surface area (Å²) in [6, 6.07) is 8.90. The molecule has 1 aromatic heterocycles. The van der Waals surface area contributed by atoms with Crippen molar-refractivity contribution in [3.05, 3.63) is 79.9 Å². The highest BCUT2D eigenvalue weighted by atomic mass is 32.1. The average Bonchev–Trinajstić information content (AvgIpc) is 3.41. The van der Waals surface area contributed by atoms with Crippen molar-refractivity contribution in [3.63, 3.8) is 0 Å². The molecule has 3 atom stereocenters. The van der Waals surface area contributed by atoms with Crippen molar-refractivity contribution in [2.75, 3.05) is 5.32 Å². The third-order valence-corrected chi connectivity index (χ3v) is 8.80. The van der Waals surface area contributed by atoms with E-state index in [-0.39, 0.29) is 35.4 Å². The first-order chi connectivity index (χ1) is 19.9. The first-order valence-corrected chi connectivity index (χ1v) is 13.6. The molecule has 214 valence electrons. The van der Waals surface area contributed by atoms with Gasteiger partial charge in [0.2, 0.25) is 5.78 Å². The largest absolute Gasteiger partial charge is 0.508 e. The standard InChI is InChI=1S/C28H22N4O9S/c29-26(38)22-19(34)9-13-6-12-8-15-16(30-27-31-17(10-42-27)11-2-1-3-14(7-11)32(40)41)4-5-18(33)21(15)23(35)20(12)24(36)28(13,39)25(22)37/h1-5,7,10,12-13,33,35,37,39H,6,8-9H2,(H2,29,38)(H,30,31). The Kier molecular flexibility index (Phi) is 6.13. The Morgan fingerprint density at radius 3 is 2.64 bits per heavy atom. The number of nitrogens with zero attached hydrogens (tertiary/aromatic N) is 2. The highest BCUT2D eigenvalue weighted by molar-refractivity contribution is 7.14. The number of ketones is 2. The van der Waals surface area contributed by atoms with Gasteiger partial charge in [-0.3, -0.25) is 24.5 Å². The summed E-state index contributed by atoms with van der Waals surface area (Å²) in [5.41, 5.74) is 3.31. The maximum atomic E-state index is 13.6. The maximum absolute atomic E-state index is 13.6.